The van der Waals surface area contributed by atoms with E-state index in [-0.39, 0.29) is 18.1 Å². The van der Waals surface area contributed by atoms with Crippen molar-refractivity contribution in [2.24, 2.45) is 0 Å². The third-order valence-electron chi connectivity index (χ3n) is 1.14. The third-order valence-corrected chi connectivity index (χ3v) is 1.52. The van der Waals surface area contributed by atoms with Crippen molar-refractivity contribution in [3.05, 3.63) is 0 Å². The van der Waals surface area contributed by atoms with Crippen molar-refractivity contribution in [2.75, 3.05) is 19.8 Å². The minimum atomic E-state index is -0.386. The summed E-state index contributed by atoms with van der Waals surface area (Å²) in [5, 5.41) is 2.61. The van der Waals surface area contributed by atoms with Crippen LogP contribution in [0.25, 0.3) is 0 Å². The largest absolute Gasteiger partial charge is 0.436 e. The van der Waals surface area contributed by atoms with Gasteiger partial charge >= 0.3 is 6.09 Å². The van der Waals surface area contributed by atoms with E-state index < -0.39 is 0 Å². The Bertz CT molecular complexity index is 229. The summed E-state index contributed by atoms with van der Waals surface area (Å²) < 4.78 is 7.31. The molecule has 7 heteroatoms. The van der Waals surface area contributed by atoms with E-state index in [4.69, 9.17) is 12.3 Å². The fraction of sp³-hybridized carbons (Fsp3) is 0.667. The lowest BCUT2D eigenvalue weighted by Gasteiger charge is -2.02. The zero-order chi connectivity index (χ0) is 12.8. The molecule has 0 aliphatic heterocycles. The van der Waals surface area contributed by atoms with Gasteiger partial charge in [-0.3, -0.25) is 0 Å². The van der Waals surface area contributed by atoms with E-state index in [1.165, 1.54) is 0 Å². The maximum Gasteiger partial charge on any atom is 0.408 e. The molecule has 0 aliphatic carbocycles. The summed E-state index contributed by atoms with van der Waals surface area (Å²) in [6.45, 7) is 4.90. The highest BCUT2D eigenvalue weighted by Gasteiger charge is 1.96. The fourth-order valence-corrected chi connectivity index (χ4v) is 0.703. The molecule has 1 atom stereocenters. The molecule has 0 aromatic heterocycles. The second-order valence-electron chi connectivity index (χ2n) is 2.65. The second-order valence-corrected chi connectivity index (χ2v) is 8.81. The lowest BCUT2D eigenvalue weighted by atomic mass is 10.3. The van der Waals surface area contributed by atoms with Gasteiger partial charge in [-0.1, -0.05) is 46.7 Å². The van der Waals surface area contributed by atoms with Gasteiger partial charge in [0, 0.05) is 29.1 Å². The molecule has 0 spiro atoms. The monoisotopic (exact) mass is 465 g/mol. The van der Waals surface area contributed by atoms with E-state index in [2.05, 4.69) is 44.1 Å². The highest BCUT2D eigenvalue weighted by atomic mass is 127. The van der Waals surface area contributed by atoms with E-state index >= 15 is 0 Å². The molecule has 0 aromatic carbocycles. The highest BCUT2D eigenvalue weighted by Crippen LogP contribution is 2.32. The first-order valence-corrected chi connectivity index (χ1v) is 10.4. The van der Waals surface area contributed by atoms with Crippen LogP contribution in [0.2, 0.25) is 0 Å². The van der Waals surface area contributed by atoms with E-state index in [9.17, 15) is 4.79 Å². The Balaban J connectivity index is 0. The fourth-order valence-electron chi connectivity index (χ4n) is 0.547. The molecule has 1 N–H and O–H groups in total. The minimum Gasteiger partial charge on any atom is -0.436 e. The Morgan fingerprint density at radius 2 is 2.19 bits per heavy atom. The molecule has 0 fully saturated rings. The Morgan fingerprint density at radius 3 is 2.62 bits per heavy atom. The van der Waals surface area contributed by atoms with Crippen LogP contribution in [-0.2, 0) is 4.74 Å². The van der Waals surface area contributed by atoms with Crippen LogP contribution in [0.5, 0.6) is 0 Å². The van der Waals surface area contributed by atoms with Gasteiger partial charge in [-0.15, -0.1) is 0 Å². The number of alkyl carbamates (subject to hydrolysis) is 1. The number of ether oxygens (including phenoxy) is 1. The number of carbonyl (C=O) groups is 1. The average molecular weight is 465 g/mol. The Morgan fingerprint density at radius 1 is 1.62 bits per heavy atom. The normalized spacial score (nSPS) is 10.0. The zero-order valence-corrected chi connectivity index (χ0v) is 14.6. The number of nitrogens with one attached hydrogen (secondary N) is 1. The first kappa shape index (κ1) is 19.1. The number of unbranched alkanes of at least 4 members (excludes halogenated alkanes) is 1. The molecule has 0 aromatic rings. The van der Waals surface area contributed by atoms with Gasteiger partial charge in [0.05, 0.1) is 0 Å². The van der Waals surface area contributed by atoms with Crippen molar-refractivity contribution in [2.45, 2.75) is 19.8 Å². The van der Waals surface area contributed by atoms with Gasteiger partial charge in [-0.2, -0.15) is 0 Å². The van der Waals surface area contributed by atoms with Crippen molar-refractivity contribution >= 4 is 63.7 Å². The van der Waals surface area contributed by atoms with Crippen LogP contribution in [0.4, 0.5) is 4.79 Å². The van der Waals surface area contributed by atoms with Crippen LogP contribution < -0.4 is 5.32 Å². The summed E-state index contributed by atoms with van der Waals surface area (Å²) >= 11 is 4.08. The maximum atomic E-state index is 10.8. The van der Waals surface area contributed by atoms with Crippen LogP contribution in [-0.4, -0.2) is 33.5 Å². The minimum absolute atomic E-state index is 0.150. The van der Waals surface area contributed by atoms with Crippen LogP contribution in [0.1, 0.15) is 19.8 Å². The highest BCUT2D eigenvalue weighted by molar-refractivity contribution is 14.2. The smallest absolute Gasteiger partial charge is 0.408 e. The standard InChI is InChI=1S/C8H12INO2.CH3BIP/c1-2-3-6-10-8(11)12-7-4-5-9;1-4(2)3/h2-3,6-7H2,1H3,(H,10,11);1H3. The molecule has 0 rings (SSSR count). The first-order valence-electron chi connectivity index (χ1n) is 4.67. The molecule has 0 heterocycles. The molecule has 16 heavy (non-hydrogen) atoms. The summed E-state index contributed by atoms with van der Waals surface area (Å²) in [5.41, 5.74) is -0.150. The van der Waals surface area contributed by atoms with Gasteiger partial charge in [0.15, 0.2) is 6.61 Å². The number of rotatable bonds is 4. The SMILES string of the molecule is CCCCNC(=O)OCC#CI.[B]P(C)I. The van der Waals surface area contributed by atoms with Gasteiger partial charge in [-0.05, 0) is 17.0 Å². The predicted molar refractivity (Wildman–Crippen MR) is 88.7 cm³/mol. The number of amides is 1. The Labute approximate surface area is 127 Å². The summed E-state index contributed by atoms with van der Waals surface area (Å²) in [6, 6.07) is 0. The van der Waals surface area contributed by atoms with Crippen molar-refractivity contribution in [1.29, 1.82) is 0 Å². The van der Waals surface area contributed by atoms with Crippen LogP contribution >= 0.6 is 50.1 Å². The molecule has 1 amide bonds. The van der Waals surface area contributed by atoms with Crippen LogP contribution in [0.15, 0.2) is 0 Å². The molecular weight excluding hydrogens is 450 g/mol. The number of hydrogen-bond donors (Lipinski definition) is 1. The van der Waals surface area contributed by atoms with Gasteiger partial charge in [0.25, 0.3) is 0 Å². The van der Waals surface area contributed by atoms with Crippen molar-refractivity contribution in [1.82, 2.24) is 5.32 Å². The second kappa shape index (κ2) is 15.8. The molecular formula is C9H15BI2NO2P. The van der Waals surface area contributed by atoms with Gasteiger partial charge < -0.3 is 10.1 Å². The quantitative estimate of drug-likeness (QED) is 0.228. The summed E-state index contributed by atoms with van der Waals surface area (Å²) in [4.78, 5) is 10.8. The van der Waals surface area contributed by atoms with E-state index in [0.717, 1.165) is 12.8 Å². The average Bonchev–Trinajstić information content (AvgIpc) is 2.18. The lowest BCUT2D eigenvalue weighted by molar-refractivity contribution is 0.160. The summed E-state index contributed by atoms with van der Waals surface area (Å²) in [6.07, 6.45) is 1.66. The molecule has 0 aliphatic rings. The summed E-state index contributed by atoms with van der Waals surface area (Å²) in [5.74, 6) is 2.62. The van der Waals surface area contributed by atoms with Crippen LogP contribution in [0.3, 0.4) is 0 Å². The lowest BCUT2D eigenvalue weighted by Crippen LogP contribution is -2.25. The molecule has 1 unspecified atom stereocenters. The zero-order valence-electron chi connectivity index (χ0n) is 9.43. The van der Waals surface area contributed by atoms with E-state index in [1.807, 2.05) is 29.3 Å². The number of halogens is 2. The van der Waals surface area contributed by atoms with E-state index in [1.54, 1.807) is 0 Å². The van der Waals surface area contributed by atoms with Gasteiger partial charge in [0.1, 0.15) is 7.57 Å². The van der Waals surface area contributed by atoms with Crippen molar-refractivity contribution in [3.8, 4) is 9.85 Å². The predicted octanol–water partition coefficient (Wildman–Crippen LogP) is 3.44. The third kappa shape index (κ3) is 24.2. The number of hydrogen-bond acceptors (Lipinski definition) is 2. The molecule has 2 radical (unpaired) electrons. The topological polar surface area (TPSA) is 38.3 Å². The van der Waals surface area contributed by atoms with Gasteiger partial charge in [0.2, 0.25) is 0 Å². The van der Waals surface area contributed by atoms with Crippen molar-refractivity contribution in [3.63, 3.8) is 0 Å². The Kier molecular flexibility index (Phi) is 18.9. The molecule has 0 bridgehead atoms. The summed E-state index contributed by atoms with van der Waals surface area (Å²) in [7, 11) is 5.16. The number of carbonyl (C=O) groups excluding carboxylic acids is 1. The first-order chi connectivity index (χ1) is 7.54. The molecule has 0 saturated carbocycles. The molecule has 3 nitrogen and oxygen atoms in total. The Hall–Kier alpha value is 0.785. The van der Waals surface area contributed by atoms with Crippen LogP contribution in [0, 0.1) is 9.85 Å². The maximum absolute atomic E-state index is 10.8. The van der Waals surface area contributed by atoms with Crippen molar-refractivity contribution < 1.29 is 9.53 Å². The molecule has 90 valence electrons. The van der Waals surface area contributed by atoms with E-state index in [0.29, 0.717) is 6.54 Å². The van der Waals surface area contributed by atoms with Gasteiger partial charge in [-0.25, -0.2) is 4.79 Å². The molecule has 0 saturated heterocycles.